The van der Waals surface area contributed by atoms with Crippen LogP contribution in [0.25, 0.3) is 0 Å². The largest absolute Gasteiger partial charge is 0.427 e. The molecular formula is C10H16BrFO2. The van der Waals surface area contributed by atoms with Gasteiger partial charge in [0, 0.05) is 6.92 Å². The third-order valence-electron chi connectivity index (χ3n) is 2.63. The number of halogens is 2. The highest BCUT2D eigenvalue weighted by atomic mass is 79.9. The number of hydrogen-bond donors (Lipinski definition) is 0. The number of alkyl halides is 2. The van der Waals surface area contributed by atoms with Gasteiger partial charge in [0.2, 0.25) is 0 Å². The van der Waals surface area contributed by atoms with Gasteiger partial charge in [-0.1, -0.05) is 36.7 Å². The molecule has 0 aromatic carbocycles. The first-order valence-electron chi connectivity index (χ1n) is 4.70. The highest BCUT2D eigenvalue weighted by Gasteiger charge is 2.48. The first kappa shape index (κ1) is 12.0. The van der Waals surface area contributed by atoms with Crippen LogP contribution in [0.15, 0.2) is 0 Å². The van der Waals surface area contributed by atoms with Crippen molar-refractivity contribution in [2.24, 2.45) is 11.3 Å². The standard InChI is InChI=1S/C10H16BrFO2/c1-9(2,3)6-5-7(11)10(4,12)14-8(6)13/h6-7H,5H2,1-4H3/t6-,7-,10+/m0/s1. The Balaban J connectivity index is 2.83. The van der Waals surface area contributed by atoms with Crippen molar-refractivity contribution in [3.05, 3.63) is 0 Å². The van der Waals surface area contributed by atoms with E-state index in [0.29, 0.717) is 6.42 Å². The van der Waals surface area contributed by atoms with Gasteiger partial charge in [-0.05, 0) is 11.8 Å². The maximum atomic E-state index is 13.6. The smallest absolute Gasteiger partial charge is 0.312 e. The Labute approximate surface area is 92.3 Å². The molecule has 0 saturated carbocycles. The van der Waals surface area contributed by atoms with E-state index in [-0.39, 0.29) is 11.3 Å². The first-order chi connectivity index (χ1) is 6.14. The molecular weight excluding hydrogens is 251 g/mol. The molecule has 0 radical (unpaired) electrons. The first-order valence-corrected chi connectivity index (χ1v) is 5.62. The summed E-state index contributed by atoms with van der Waals surface area (Å²) in [6.07, 6.45) is 0.481. The van der Waals surface area contributed by atoms with Gasteiger partial charge in [-0.2, -0.15) is 4.39 Å². The number of hydrogen-bond acceptors (Lipinski definition) is 2. The maximum Gasteiger partial charge on any atom is 0.312 e. The highest BCUT2D eigenvalue weighted by Crippen LogP contribution is 2.42. The molecule has 82 valence electrons. The van der Waals surface area contributed by atoms with Gasteiger partial charge in [-0.25, -0.2) is 0 Å². The van der Waals surface area contributed by atoms with E-state index in [9.17, 15) is 9.18 Å². The van der Waals surface area contributed by atoms with E-state index < -0.39 is 16.7 Å². The molecule has 0 bridgehead atoms. The van der Waals surface area contributed by atoms with Crippen LogP contribution >= 0.6 is 15.9 Å². The fraction of sp³-hybridized carbons (Fsp3) is 0.900. The molecule has 0 aliphatic carbocycles. The van der Waals surface area contributed by atoms with Crippen LogP contribution < -0.4 is 0 Å². The summed E-state index contributed by atoms with van der Waals surface area (Å²) >= 11 is 3.22. The van der Waals surface area contributed by atoms with Crippen LogP contribution in [0.3, 0.4) is 0 Å². The molecule has 1 saturated heterocycles. The van der Waals surface area contributed by atoms with Crippen LogP contribution in [0.4, 0.5) is 4.39 Å². The van der Waals surface area contributed by atoms with Gasteiger partial charge < -0.3 is 4.74 Å². The number of esters is 1. The predicted molar refractivity (Wildman–Crippen MR) is 55.9 cm³/mol. The van der Waals surface area contributed by atoms with Crippen molar-refractivity contribution in [1.29, 1.82) is 0 Å². The predicted octanol–water partition coefficient (Wildman–Crippen LogP) is 3.04. The molecule has 0 amide bonds. The Morgan fingerprint density at radius 2 is 2.07 bits per heavy atom. The lowest BCUT2D eigenvalue weighted by molar-refractivity contribution is -0.199. The summed E-state index contributed by atoms with van der Waals surface area (Å²) in [4.78, 5) is 11.1. The van der Waals surface area contributed by atoms with Gasteiger partial charge in [0.15, 0.2) is 0 Å². The van der Waals surface area contributed by atoms with Crippen molar-refractivity contribution in [3.63, 3.8) is 0 Å². The summed E-state index contributed by atoms with van der Waals surface area (Å²) in [5, 5.41) is 0. The van der Waals surface area contributed by atoms with Crippen molar-refractivity contribution in [3.8, 4) is 0 Å². The molecule has 0 spiro atoms. The average Bonchev–Trinajstić information content (AvgIpc) is 1.93. The Morgan fingerprint density at radius 3 is 2.50 bits per heavy atom. The second-order valence-corrected chi connectivity index (χ2v) is 6.13. The van der Waals surface area contributed by atoms with E-state index in [2.05, 4.69) is 15.9 Å². The second kappa shape index (κ2) is 3.47. The zero-order valence-electron chi connectivity index (χ0n) is 8.93. The van der Waals surface area contributed by atoms with E-state index in [0.717, 1.165) is 0 Å². The molecule has 2 nitrogen and oxygen atoms in total. The van der Waals surface area contributed by atoms with E-state index in [4.69, 9.17) is 4.74 Å². The van der Waals surface area contributed by atoms with Crippen molar-refractivity contribution in [1.82, 2.24) is 0 Å². The minimum absolute atomic E-state index is 0.181. The van der Waals surface area contributed by atoms with Crippen LogP contribution in [0.1, 0.15) is 34.1 Å². The van der Waals surface area contributed by atoms with Gasteiger partial charge in [-0.15, -0.1) is 0 Å². The van der Waals surface area contributed by atoms with E-state index in [1.165, 1.54) is 6.92 Å². The normalized spacial score (nSPS) is 39.4. The van der Waals surface area contributed by atoms with E-state index >= 15 is 0 Å². The number of carbonyl (C=O) groups is 1. The number of rotatable bonds is 0. The zero-order chi connectivity index (χ0) is 11.1. The molecule has 1 aliphatic rings. The number of cyclic esters (lactones) is 1. The lowest BCUT2D eigenvalue weighted by Crippen LogP contribution is -2.48. The van der Waals surface area contributed by atoms with E-state index in [1.54, 1.807) is 0 Å². The van der Waals surface area contributed by atoms with Crippen molar-refractivity contribution >= 4 is 21.9 Å². The average molecular weight is 267 g/mol. The lowest BCUT2D eigenvalue weighted by atomic mass is 9.76. The Morgan fingerprint density at radius 1 is 1.57 bits per heavy atom. The molecule has 1 aliphatic heterocycles. The third-order valence-corrected chi connectivity index (χ3v) is 3.82. The highest BCUT2D eigenvalue weighted by molar-refractivity contribution is 9.09. The fourth-order valence-corrected chi connectivity index (χ4v) is 2.02. The molecule has 14 heavy (non-hydrogen) atoms. The summed E-state index contributed by atoms with van der Waals surface area (Å²) in [7, 11) is 0. The van der Waals surface area contributed by atoms with Crippen LogP contribution in [-0.2, 0) is 9.53 Å². The van der Waals surface area contributed by atoms with Crippen LogP contribution in [0.5, 0.6) is 0 Å². The van der Waals surface area contributed by atoms with Gasteiger partial charge in [-0.3, -0.25) is 4.79 Å². The summed E-state index contributed by atoms with van der Waals surface area (Å²) in [5.74, 6) is -2.55. The monoisotopic (exact) mass is 266 g/mol. The summed E-state index contributed by atoms with van der Waals surface area (Å²) < 4.78 is 18.4. The van der Waals surface area contributed by atoms with Crippen LogP contribution in [-0.4, -0.2) is 16.7 Å². The molecule has 1 rings (SSSR count). The van der Waals surface area contributed by atoms with Gasteiger partial charge >= 0.3 is 5.97 Å². The molecule has 3 atom stereocenters. The Kier molecular flexibility index (Phi) is 2.96. The lowest BCUT2D eigenvalue weighted by Gasteiger charge is -2.39. The quantitative estimate of drug-likeness (QED) is 0.498. The number of carbonyl (C=O) groups excluding carboxylic acids is 1. The molecule has 0 N–H and O–H groups in total. The maximum absolute atomic E-state index is 13.6. The molecule has 1 fully saturated rings. The minimum atomic E-state index is -1.88. The SMILES string of the molecule is CC(C)(C)[C@H]1C[C@H](Br)[C@](C)(F)OC1=O. The fourth-order valence-electron chi connectivity index (χ4n) is 1.55. The summed E-state index contributed by atoms with van der Waals surface area (Å²) in [6.45, 7) is 7.15. The molecule has 0 unspecified atom stereocenters. The molecule has 1 heterocycles. The Bertz CT molecular complexity index is 245. The Hall–Kier alpha value is -0.120. The molecule has 4 heteroatoms. The summed E-state index contributed by atoms with van der Waals surface area (Å²) in [5.41, 5.74) is -0.181. The van der Waals surface area contributed by atoms with Crippen molar-refractivity contribution in [2.75, 3.05) is 0 Å². The number of ether oxygens (including phenoxy) is 1. The van der Waals surface area contributed by atoms with Gasteiger partial charge in [0.1, 0.15) is 0 Å². The molecule has 0 aromatic rings. The topological polar surface area (TPSA) is 26.3 Å². The second-order valence-electron chi connectivity index (χ2n) is 5.03. The van der Waals surface area contributed by atoms with Crippen molar-refractivity contribution in [2.45, 2.75) is 44.8 Å². The zero-order valence-corrected chi connectivity index (χ0v) is 10.5. The molecule has 0 aromatic heterocycles. The van der Waals surface area contributed by atoms with Gasteiger partial charge in [0.25, 0.3) is 5.85 Å². The third kappa shape index (κ3) is 2.27. The van der Waals surface area contributed by atoms with Crippen molar-refractivity contribution < 1.29 is 13.9 Å². The summed E-state index contributed by atoms with van der Waals surface area (Å²) in [6, 6.07) is 0. The minimum Gasteiger partial charge on any atom is -0.427 e. The van der Waals surface area contributed by atoms with Gasteiger partial charge in [0.05, 0.1) is 10.7 Å². The van der Waals surface area contributed by atoms with Crippen LogP contribution in [0, 0.1) is 11.3 Å². The van der Waals surface area contributed by atoms with Crippen LogP contribution in [0.2, 0.25) is 0 Å². The van der Waals surface area contributed by atoms with E-state index in [1.807, 2.05) is 20.8 Å².